The molecule has 11 heteroatoms. The first kappa shape index (κ1) is 23.8. The van der Waals surface area contributed by atoms with Gasteiger partial charge in [-0.05, 0) is 43.2 Å². The van der Waals surface area contributed by atoms with Crippen molar-refractivity contribution in [1.82, 2.24) is 0 Å². The fraction of sp³-hybridized carbons (Fsp3) is 0.240. The lowest BCUT2D eigenvalue weighted by molar-refractivity contribution is -0.385. The van der Waals surface area contributed by atoms with Crippen molar-refractivity contribution in [2.75, 3.05) is 11.1 Å². The molecule has 0 aliphatic carbocycles. The van der Waals surface area contributed by atoms with E-state index in [0.717, 1.165) is 5.56 Å². The Balaban J connectivity index is 1.39. The molecule has 5 rings (SSSR count). The van der Waals surface area contributed by atoms with Crippen LogP contribution >= 0.6 is 0 Å². The molecular formula is C25H22N2O8S. The Labute approximate surface area is 207 Å². The monoisotopic (exact) mass is 510 g/mol. The molecule has 0 fully saturated rings. The molecule has 0 amide bonds. The first-order valence-electron chi connectivity index (χ1n) is 11.2. The van der Waals surface area contributed by atoms with Crippen LogP contribution in [0.1, 0.15) is 34.0 Å². The number of nitro benzene ring substituents is 1. The van der Waals surface area contributed by atoms with Crippen LogP contribution in [0.2, 0.25) is 0 Å². The summed E-state index contributed by atoms with van der Waals surface area (Å²) in [6.07, 6.45) is 0.595. The van der Waals surface area contributed by atoms with Gasteiger partial charge in [0.25, 0.3) is 15.7 Å². The van der Waals surface area contributed by atoms with Gasteiger partial charge in [-0.1, -0.05) is 24.3 Å². The smallest absolute Gasteiger partial charge is 0.338 e. The van der Waals surface area contributed by atoms with Crippen molar-refractivity contribution in [3.8, 4) is 5.75 Å². The second kappa shape index (κ2) is 9.25. The number of esters is 1. The van der Waals surface area contributed by atoms with E-state index in [1.165, 1.54) is 40.7 Å². The van der Waals surface area contributed by atoms with Crippen molar-refractivity contribution in [1.29, 1.82) is 0 Å². The first-order chi connectivity index (χ1) is 17.3. The summed E-state index contributed by atoms with van der Waals surface area (Å²) in [4.78, 5) is 23.5. The SMILES string of the molecule is C[C@H]1Cc2ccccc2N1S(=O)(=O)c1cccc(C(=O)OCc2cc([N+](=O)[O-])cc3c2OCOC3)c1. The summed E-state index contributed by atoms with van der Waals surface area (Å²) in [5, 5.41) is 11.3. The molecule has 3 aromatic carbocycles. The molecule has 0 unspecified atom stereocenters. The maximum absolute atomic E-state index is 13.5. The Morgan fingerprint density at radius 1 is 1.14 bits per heavy atom. The maximum Gasteiger partial charge on any atom is 0.338 e. The Morgan fingerprint density at radius 2 is 1.94 bits per heavy atom. The van der Waals surface area contributed by atoms with Crippen molar-refractivity contribution in [2.24, 2.45) is 0 Å². The number of hydrogen-bond acceptors (Lipinski definition) is 8. The number of benzene rings is 3. The minimum Gasteiger partial charge on any atom is -0.467 e. The molecule has 36 heavy (non-hydrogen) atoms. The third kappa shape index (κ3) is 4.27. The van der Waals surface area contributed by atoms with Gasteiger partial charge in [0.1, 0.15) is 12.4 Å². The molecule has 0 saturated carbocycles. The van der Waals surface area contributed by atoms with E-state index in [1.54, 1.807) is 12.1 Å². The van der Waals surface area contributed by atoms with Gasteiger partial charge in [0, 0.05) is 29.3 Å². The second-order valence-electron chi connectivity index (χ2n) is 8.55. The highest BCUT2D eigenvalue weighted by atomic mass is 32.2. The quantitative estimate of drug-likeness (QED) is 0.277. The van der Waals surface area contributed by atoms with Gasteiger partial charge in [-0.2, -0.15) is 0 Å². The minimum atomic E-state index is -3.93. The molecule has 0 saturated heterocycles. The number of anilines is 1. The van der Waals surface area contributed by atoms with Crippen LogP contribution in [0.15, 0.2) is 65.6 Å². The summed E-state index contributed by atoms with van der Waals surface area (Å²) in [5.41, 5.74) is 2.23. The highest BCUT2D eigenvalue weighted by molar-refractivity contribution is 7.92. The first-order valence-corrected chi connectivity index (χ1v) is 12.6. The van der Waals surface area contributed by atoms with Gasteiger partial charge in [-0.15, -0.1) is 0 Å². The summed E-state index contributed by atoms with van der Waals surface area (Å²) in [6, 6.07) is 15.3. The molecule has 0 N–H and O–H groups in total. The van der Waals surface area contributed by atoms with Crippen molar-refractivity contribution < 1.29 is 32.3 Å². The van der Waals surface area contributed by atoms with Crippen molar-refractivity contribution in [3.05, 3.63) is 93.0 Å². The third-order valence-electron chi connectivity index (χ3n) is 6.11. The largest absolute Gasteiger partial charge is 0.467 e. The van der Waals surface area contributed by atoms with E-state index in [-0.39, 0.29) is 42.2 Å². The Hall–Kier alpha value is -3.96. The fourth-order valence-corrected chi connectivity index (χ4v) is 6.26. The van der Waals surface area contributed by atoms with Crippen LogP contribution in [0.3, 0.4) is 0 Å². The Morgan fingerprint density at radius 3 is 2.75 bits per heavy atom. The predicted octanol–water partition coefficient (Wildman–Crippen LogP) is 3.96. The fourth-order valence-electron chi connectivity index (χ4n) is 4.52. The molecule has 0 aromatic heterocycles. The predicted molar refractivity (Wildman–Crippen MR) is 128 cm³/mol. The summed E-state index contributed by atoms with van der Waals surface area (Å²) >= 11 is 0. The van der Waals surface area contributed by atoms with Crippen LogP contribution in [0.5, 0.6) is 5.75 Å². The van der Waals surface area contributed by atoms with Gasteiger partial charge in [0.2, 0.25) is 0 Å². The number of fused-ring (bicyclic) bond motifs is 2. The normalized spacial score (nSPS) is 16.6. The van der Waals surface area contributed by atoms with Crippen molar-refractivity contribution in [2.45, 2.75) is 37.5 Å². The number of para-hydroxylation sites is 1. The summed E-state index contributed by atoms with van der Waals surface area (Å²) in [5.74, 6) is -0.396. The van der Waals surface area contributed by atoms with Crippen molar-refractivity contribution >= 4 is 27.4 Å². The van der Waals surface area contributed by atoms with E-state index >= 15 is 0 Å². The minimum absolute atomic E-state index is 0.0241. The molecule has 2 aliphatic heterocycles. The number of hydrogen-bond donors (Lipinski definition) is 0. The second-order valence-corrected chi connectivity index (χ2v) is 10.4. The third-order valence-corrected chi connectivity index (χ3v) is 8.04. The molecular weight excluding hydrogens is 488 g/mol. The number of nitro groups is 1. The molecule has 10 nitrogen and oxygen atoms in total. The van der Waals surface area contributed by atoms with E-state index in [4.69, 9.17) is 14.2 Å². The van der Waals surface area contributed by atoms with Crippen molar-refractivity contribution in [3.63, 3.8) is 0 Å². The van der Waals surface area contributed by atoms with Crippen LogP contribution in [0, 0.1) is 10.1 Å². The standard InChI is InChI=1S/C25H22N2O8S/c1-16-9-17-5-2-3-8-23(17)26(16)36(31,32)22-7-4-6-18(12-22)25(28)34-14-20-11-21(27(29)30)10-19-13-33-15-35-24(19)20/h2-8,10-12,16H,9,13-15H2,1H3/t16-/m0/s1. The number of nitrogens with zero attached hydrogens (tertiary/aromatic N) is 2. The molecule has 186 valence electrons. The molecule has 0 spiro atoms. The molecule has 1 atom stereocenters. The van der Waals surface area contributed by atoms with Gasteiger partial charge in [-0.25, -0.2) is 13.2 Å². The van der Waals surface area contributed by atoms with Gasteiger partial charge >= 0.3 is 5.97 Å². The van der Waals surface area contributed by atoms with Gasteiger partial charge < -0.3 is 14.2 Å². The lowest BCUT2D eigenvalue weighted by Crippen LogP contribution is -2.35. The summed E-state index contributed by atoms with van der Waals surface area (Å²) < 4.78 is 44.4. The average molecular weight is 511 g/mol. The molecule has 0 bridgehead atoms. The van der Waals surface area contributed by atoms with Gasteiger partial charge in [0.15, 0.2) is 6.79 Å². The van der Waals surface area contributed by atoms with E-state index < -0.39 is 20.9 Å². The topological polar surface area (TPSA) is 125 Å². The van der Waals surface area contributed by atoms with E-state index in [9.17, 15) is 23.3 Å². The maximum atomic E-state index is 13.5. The molecule has 3 aromatic rings. The summed E-state index contributed by atoms with van der Waals surface area (Å²) in [6.45, 7) is 1.65. The van der Waals surface area contributed by atoms with Crippen LogP contribution in [0.25, 0.3) is 0 Å². The van der Waals surface area contributed by atoms with E-state index in [1.807, 2.05) is 19.1 Å². The van der Waals surface area contributed by atoms with Crippen LogP contribution in [-0.4, -0.2) is 32.1 Å². The van der Waals surface area contributed by atoms with Crippen LogP contribution < -0.4 is 9.04 Å². The van der Waals surface area contributed by atoms with E-state index in [0.29, 0.717) is 29.0 Å². The van der Waals surface area contributed by atoms with E-state index in [2.05, 4.69) is 0 Å². The molecule has 2 heterocycles. The van der Waals surface area contributed by atoms with Gasteiger partial charge in [0.05, 0.1) is 27.7 Å². The molecule has 0 radical (unpaired) electrons. The zero-order valence-electron chi connectivity index (χ0n) is 19.2. The van der Waals surface area contributed by atoms with Crippen LogP contribution in [-0.2, 0) is 39.1 Å². The number of rotatable bonds is 6. The molecule has 2 aliphatic rings. The zero-order chi connectivity index (χ0) is 25.4. The number of carbonyl (C=O) groups is 1. The Kier molecular flexibility index (Phi) is 6.10. The summed E-state index contributed by atoms with van der Waals surface area (Å²) in [7, 11) is -3.93. The number of carbonyl (C=O) groups excluding carboxylic acids is 1. The lowest BCUT2D eigenvalue weighted by Gasteiger charge is -2.24. The lowest BCUT2D eigenvalue weighted by atomic mass is 10.1. The Bertz CT molecular complexity index is 1470. The highest BCUT2D eigenvalue weighted by Gasteiger charge is 2.36. The zero-order valence-corrected chi connectivity index (χ0v) is 20.1. The van der Waals surface area contributed by atoms with Crippen LogP contribution in [0.4, 0.5) is 11.4 Å². The highest BCUT2D eigenvalue weighted by Crippen LogP contribution is 2.37. The number of ether oxygens (including phenoxy) is 3. The number of sulfonamides is 1. The average Bonchev–Trinajstić information content (AvgIpc) is 3.23. The number of non-ortho nitro benzene ring substituents is 1. The van der Waals surface area contributed by atoms with Gasteiger partial charge in [-0.3, -0.25) is 14.4 Å².